The molecule has 0 spiro atoms. The molecule has 0 aromatic heterocycles. The summed E-state index contributed by atoms with van der Waals surface area (Å²) in [6, 6.07) is -3.12. The molecule has 80 valence electrons. The minimum atomic E-state index is -1.90. The summed E-state index contributed by atoms with van der Waals surface area (Å²) in [6.45, 7) is 1.15. The van der Waals surface area contributed by atoms with Crippen LogP contribution >= 0.6 is 0 Å². The Labute approximate surface area is 220 Å². The molecular weight excluding hydrogens is 299 g/mol. The molecule has 0 heterocycles. The van der Waals surface area contributed by atoms with Crippen LogP contribution in [0.5, 0.6) is 0 Å². The fourth-order valence-corrected chi connectivity index (χ4v) is 0.569. The molecule has 0 fully saturated rings. The number of aliphatic carboxylic acids is 3. The third-order valence-electron chi connectivity index (χ3n) is 1.28. The van der Waals surface area contributed by atoms with E-state index in [2.05, 4.69) is 0 Å². The van der Waals surface area contributed by atoms with E-state index < -0.39 is 30.0 Å². The molecule has 0 rings (SSSR count). The molecule has 0 aliphatic carbocycles. The Morgan fingerprint density at radius 3 is 1.38 bits per heavy atom. The summed E-state index contributed by atoms with van der Waals surface area (Å²) in [7, 11) is 0. The predicted octanol–water partition coefficient (Wildman–Crippen LogP) is -3.36. The quantitative estimate of drug-likeness (QED) is 0.309. The summed E-state index contributed by atoms with van der Waals surface area (Å²) in [5.74, 6) is -4.56. The number of rotatable bonds is 5. The van der Waals surface area contributed by atoms with Gasteiger partial charge < -0.3 is 15.3 Å². The van der Waals surface area contributed by atoms with E-state index in [1.807, 2.05) is 5.32 Å². The van der Waals surface area contributed by atoms with Gasteiger partial charge in [-0.15, -0.1) is 0 Å². The molecule has 7 nitrogen and oxygen atoms in total. The van der Waals surface area contributed by atoms with Gasteiger partial charge in [0, 0.05) is 0 Å². The molecule has 0 amide bonds. The van der Waals surface area contributed by atoms with Gasteiger partial charge in [0.1, 0.15) is 6.04 Å². The van der Waals surface area contributed by atoms with E-state index in [9.17, 15) is 14.4 Å². The molecule has 0 aliphatic heterocycles. The van der Waals surface area contributed by atoms with Crippen molar-refractivity contribution in [3.8, 4) is 0 Å². The van der Waals surface area contributed by atoms with Crippen LogP contribution in [-0.4, -0.2) is 199 Å². The van der Waals surface area contributed by atoms with Gasteiger partial charge in [-0.2, -0.15) is 0 Å². The summed E-state index contributed by atoms with van der Waals surface area (Å²) >= 11 is 0. The minimum absolute atomic E-state index is 0. The molecule has 0 radical (unpaired) electrons. The molecule has 1 atom stereocenters. The normalized spacial score (nSPS) is 10.1. The SMILES string of the molecule is CC(NC(C(=O)O)C(=O)O)C(=O)O.[KH].[KH].[KH]. The van der Waals surface area contributed by atoms with Crippen LogP contribution < -0.4 is 5.32 Å². The van der Waals surface area contributed by atoms with Crippen LogP contribution in [0.15, 0.2) is 0 Å². The molecule has 0 aromatic rings. The van der Waals surface area contributed by atoms with Gasteiger partial charge in [0.05, 0.1) is 0 Å². The van der Waals surface area contributed by atoms with E-state index >= 15 is 0 Å². The third-order valence-corrected chi connectivity index (χ3v) is 1.28. The van der Waals surface area contributed by atoms with Gasteiger partial charge in [0.15, 0.2) is 0 Å². The van der Waals surface area contributed by atoms with Crippen molar-refractivity contribution in [2.45, 2.75) is 19.0 Å². The first-order valence-electron chi connectivity index (χ1n) is 3.30. The zero-order valence-corrected chi connectivity index (χ0v) is 6.72. The standard InChI is InChI=1S/C6H9NO6.3K.3H/c1-2(4(8)9)7-3(5(10)11)6(12)13;;;;;;/h2-3,7H,1H3,(H,8,9)(H,10,11)(H,12,13);;;;;;. The van der Waals surface area contributed by atoms with Crippen molar-refractivity contribution in [1.82, 2.24) is 5.32 Å². The van der Waals surface area contributed by atoms with Crippen LogP contribution in [0.4, 0.5) is 0 Å². The number of carbonyl (C=O) groups is 3. The Bertz CT molecular complexity index is 234. The molecular formula is C6H12K3NO6. The zero-order valence-electron chi connectivity index (χ0n) is 6.72. The van der Waals surface area contributed by atoms with Crippen LogP contribution in [0.3, 0.4) is 0 Å². The molecule has 1 unspecified atom stereocenters. The molecule has 10 heteroatoms. The topological polar surface area (TPSA) is 124 Å². The maximum atomic E-state index is 10.3. The number of carboxylic acids is 3. The Balaban J connectivity index is -0.000000240. The average Bonchev–Trinajstić information content (AvgIpc) is 1.97. The molecule has 0 aliphatic rings. The number of hydrogen-bond acceptors (Lipinski definition) is 4. The van der Waals surface area contributed by atoms with E-state index in [-0.39, 0.29) is 154 Å². The number of nitrogens with one attached hydrogen (secondary N) is 1. The second-order valence-electron chi connectivity index (χ2n) is 2.34. The van der Waals surface area contributed by atoms with Gasteiger partial charge in [0.2, 0.25) is 6.04 Å². The number of hydrogen-bond donors (Lipinski definition) is 4. The first kappa shape index (κ1) is 27.6. The summed E-state index contributed by atoms with van der Waals surface area (Å²) in [5, 5.41) is 26.9. The molecule has 0 saturated carbocycles. The molecule has 4 N–H and O–H groups in total. The molecule has 0 saturated heterocycles. The van der Waals surface area contributed by atoms with Crippen molar-refractivity contribution < 1.29 is 29.7 Å². The Hall–Kier alpha value is 3.28. The fourth-order valence-electron chi connectivity index (χ4n) is 0.569. The molecule has 16 heavy (non-hydrogen) atoms. The Kier molecular flexibility index (Phi) is 25.3. The Morgan fingerprint density at radius 1 is 0.875 bits per heavy atom. The van der Waals surface area contributed by atoms with E-state index in [1.165, 1.54) is 0 Å². The second kappa shape index (κ2) is 14.7. The summed E-state index contributed by atoms with van der Waals surface area (Å²) in [4.78, 5) is 30.8. The summed E-state index contributed by atoms with van der Waals surface area (Å²) < 4.78 is 0. The predicted molar refractivity (Wildman–Crippen MR) is 60.7 cm³/mol. The van der Waals surface area contributed by atoms with Crippen LogP contribution in [0.2, 0.25) is 0 Å². The first-order chi connectivity index (χ1) is 5.86. The van der Waals surface area contributed by atoms with Crippen molar-refractivity contribution in [3.63, 3.8) is 0 Å². The zero-order chi connectivity index (χ0) is 10.6. The second-order valence-corrected chi connectivity index (χ2v) is 2.34. The molecule has 0 bridgehead atoms. The fraction of sp³-hybridized carbons (Fsp3) is 0.500. The summed E-state index contributed by atoms with van der Waals surface area (Å²) in [5.41, 5.74) is 0. The third kappa shape index (κ3) is 12.3. The van der Waals surface area contributed by atoms with Gasteiger partial charge in [-0.1, -0.05) is 0 Å². The Morgan fingerprint density at radius 2 is 1.19 bits per heavy atom. The molecule has 0 aromatic carbocycles. The van der Waals surface area contributed by atoms with Crippen molar-refractivity contribution in [2.24, 2.45) is 0 Å². The van der Waals surface area contributed by atoms with Gasteiger partial charge in [-0.05, 0) is 6.92 Å². The van der Waals surface area contributed by atoms with E-state index in [1.54, 1.807) is 0 Å². The van der Waals surface area contributed by atoms with Crippen molar-refractivity contribution in [2.75, 3.05) is 0 Å². The van der Waals surface area contributed by atoms with E-state index in [0.29, 0.717) is 0 Å². The monoisotopic (exact) mass is 311 g/mol. The van der Waals surface area contributed by atoms with Gasteiger partial charge in [-0.25, -0.2) is 9.59 Å². The van der Waals surface area contributed by atoms with Crippen LogP contribution in [0.1, 0.15) is 6.92 Å². The van der Waals surface area contributed by atoms with Crippen LogP contribution in [0.25, 0.3) is 0 Å². The summed E-state index contributed by atoms with van der Waals surface area (Å²) in [6.07, 6.45) is 0. The van der Waals surface area contributed by atoms with Crippen molar-refractivity contribution in [3.05, 3.63) is 0 Å². The van der Waals surface area contributed by atoms with Crippen molar-refractivity contribution in [1.29, 1.82) is 0 Å². The first-order valence-corrected chi connectivity index (χ1v) is 3.30. The van der Waals surface area contributed by atoms with Crippen LogP contribution in [-0.2, 0) is 14.4 Å². The van der Waals surface area contributed by atoms with Gasteiger partial charge >= 0.3 is 172 Å². The van der Waals surface area contributed by atoms with Gasteiger partial charge in [0.25, 0.3) is 0 Å². The van der Waals surface area contributed by atoms with Crippen molar-refractivity contribution >= 4 is 172 Å². The van der Waals surface area contributed by atoms with E-state index in [4.69, 9.17) is 15.3 Å². The van der Waals surface area contributed by atoms with Gasteiger partial charge in [-0.3, -0.25) is 10.1 Å². The maximum absolute atomic E-state index is 10.3. The van der Waals surface area contributed by atoms with E-state index in [0.717, 1.165) is 6.92 Å². The average molecular weight is 311 g/mol. The number of carboxylic acid groups (broad SMARTS) is 3. The van der Waals surface area contributed by atoms with Crippen LogP contribution in [0, 0.1) is 0 Å².